The lowest BCUT2D eigenvalue weighted by atomic mass is 10.1. The Balaban J connectivity index is 1.87. The molecule has 1 N–H and O–H groups in total. The molecule has 4 heteroatoms. The Bertz CT molecular complexity index is 578. The summed E-state index contributed by atoms with van der Waals surface area (Å²) in [6.45, 7) is 8.46. The fraction of sp³-hybridized carbons (Fsp3) is 0.471. The minimum Gasteiger partial charge on any atom is -0.441 e. The molecule has 0 aliphatic carbocycles. The van der Waals surface area contributed by atoms with Crippen molar-refractivity contribution in [1.29, 1.82) is 0 Å². The van der Waals surface area contributed by atoms with Crippen LogP contribution in [0.25, 0.3) is 11.3 Å². The van der Waals surface area contributed by atoms with E-state index in [4.69, 9.17) is 16.0 Å². The zero-order chi connectivity index (χ0) is 15.2. The summed E-state index contributed by atoms with van der Waals surface area (Å²) in [5.41, 5.74) is 2.07. The van der Waals surface area contributed by atoms with Crippen molar-refractivity contribution in [2.75, 3.05) is 13.1 Å². The van der Waals surface area contributed by atoms with Crippen molar-refractivity contribution in [1.82, 2.24) is 10.3 Å². The second-order valence-corrected chi connectivity index (χ2v) is 6.19. The van der Waals surface area contributed by atoms with Gasteiger partial charge in [-0.3, -0.25) is 0 Å². The van der Waals surface area contributed by atoms with Gasteiger partial charge in [0.2, 0.25) is 0 Å². The summed E-state index contributed by atoms with van der Waals surface area (Å²) in [5, 5.41) is 4.20. The van der Waals surface area contributed by atoms with E-state index >= 15 is 0 Å². The topological polar surface area (TPSA) is 38.1 Å². The van der Waals surface area contributed by atoms with Gasteiger partial charge in [-0.1, -0.05) is 25.4 Å². The average molecular weight is 307 g/mol. The Labute approximate surface area is 131 Å². The van der Waals surface area contributed by atoms with Crippen LogP contribution < -0.4 is 5.32 Å². The molecule has 0 unspecified atom stereocenters. The molecule has 0 atom stereocenters. The van der Waals surface area contributed by atoms with Crippen LogP contribution in [0.1, 0.15) is 31.7 Å². The van der Waals surface area contributed by atoms with Gasteiger partial charge in [-0.05, 0) is 56.1 Å². The van der Waals surface area contributed by atoms with Gasteiger partial charge in [-0.2, -0.15) is 0 Å². The fourth-order valence-corrected chi connectivity index (χ4v) is 2.23. The number of nitrogens with zero attached hydrogens (tertiary/aromatic N) is 1. The number of hydrogen-bond donors (Lipinski definition) is 1. The largest absolute Gasteiger partial charge is 0.441 e. The van der Waals surface area contributed by atoms with Crippen molar-refractivity contribution in [2.45, 2.75) is 33.6 Å². The van der Waals surface area contributed by atoms with E-state index in [1.54, 1.807) is 6.20 Å². The number of hydrogen-bond acceptors (Lipinski definition) is 3. The van der Waals surface area contributed by atoms with Crippen LogP contribution in [0.5, 0.6) is 0 Å². The molecule has 2 rings (SSSR count). The number of oxazole rings is 1. The number of aryl methyl sites for hydroxylation is 2. The van der Waals surface area contributed by atoms with Crippen molar-refractivity contribution in [2.24, 2.45) is 5.92 Å². The van der Waals surface area contributed by atoms with Crippen LogP contribution >= 0.6 is 11.6 Å². The normalized spacial score (nSPS) is 11.3. The Morgan fingerprint density at radius 3 is 2.86 bits per heavy atom. The van der Waals surface area contributed by atoms with Gasteiger partial charge >= 0.3 is 0 Å². The second kappa shape index (κ2) is 7.62. The SMILES string of the molecule is Cc1cc(-c2cnc(CCCNCC(C)C)o2)ccc1Cl. The number of rotatable bonds is 7. The lowest BCUT2D eigenvalue weighted by Gasteiger charge is -2.05. The number of nitrogens with one attached hydrogen (secondary N) is 1. The molecular weight excluding hydrogens is 284 g/mol. The fourth-order valence-electron chi connectivity index (χ4n) is 2.11. The smallest absolute Gasteiger partial charge is 0.194 e. The molecule has 114 valence electrons. The van der Waals surface area contributed by atoms with Crippen LogP contribution in [0.2, 0.25) is 5.02 Å². The van der Waals surface area contributed by atoms with E-state index in [0.717, 1.165) is 53.7 Å². The third kappa shape index (κ3) is 4.87. The van der Waals surface area contributed by atoms with Gasteiger partial charge in [0.25, 0.3) is 0 Å². The first-order valence-electron chi connectivity index (χ1n) is 7.48. The monoisotopic (exact) mass is 306 g/mol. The first-order valence-corrected chi connectivity index (χ1v) is 7.86. The maximum Gasteiger partial charge on any atom is 0.194 e. The van der Waals surface area contributed by atoms with Gasteiger partial charge in [0, 0.05) is 17.0 Å². The Kier molecular flexibility index (Phi) is 5.83. The molecule has 0 saturated carbocycles. The maximum absolute atomic E-state index is 6.04. The van der Waals surface area contributed by atoms with E-state index in [9.17, 15) is 0 Å². The van der Waals surface area contributed by atoms with Crippen molar-refractivity contribution in [3.8, 4) is 11.3 Å². The van der Waals surface area contributed by atoms with Crippen molar-refractivity contribution in [3.05, 3.63) is 40.9 Å². The minimum atomic E-state index is 0.687. The van der Waals surface area contributed by atoms with Crippen LogP contribution in [0, 0.1) is 12.8 Å². The Hall–Kier alpha value is -1.32. The summed E-state index contributed by atoms with van der Waals surface area (Å²) in [6, 6.07) is 5.88. The first kappa shape index (κ1) is 16.1. The van der Waals surface area contributed by atoms with Crippen LogP contribution in [-0.2, 0) is 6.42 Å². The molecule has 1 aromatic heterocycles. The summed E-state index contributed by atoms with van der Waals surface area (Å²) >= 11 is 6.04. The van der Waals surface area contributed by atoms with Crippen molar-refractivity contribution >= 4 is 11.6 Å². The van der Waals surface area contributed by atoms with E-state index in [0.29, 0.717) is 5.92 Å². The van der Waals surface area contributed by atoms with Gasteiger partial charge in [-0.25, -0.2) is 4.98 Å². The number of halogens is 1. The average Bonchev–Trinajstić information content (AvgIpc) is 2.90. The van der Waals surface area contributed by atoms with Gasteiger partial charge in [0.1, 0.15) is 0 Å². The van der Waals surface area contributed by atoms with E-state index in [-0.39, 0.29) is 0 Å². The minimum absolute atomic E-state index is 0.687. The van der Waals surface area contributed by atoms with Gasteiger partial charge in [0.15, 0.2) is 11.7 Å². The van der Waals surface area contributed by atoms with Crippen LogP contribution in [-0.4, -0.2) is 18.1 Å². The number of aromatic nitrogens is 1. The summed E-state index contributed by atoms with van der Waals surface area (Å²) in [6.07, 6.45) is 3.68. The summed E-state index contributed by atoms with van der Waals surface area (Å²) in [5.74, 6) is 2.29. The molecule has 21 heavy (non-hydrogen) atoms. The van der Waals surface area contributed by atoms with E-state index in [2.05, 4.69) is 24.1 Å². The highest BCUT2D eigenvalue weighted by atomic mass is 35.5. The third-order valence-corrected chi connectivity index (χ3v) is 3.72. The Morgan fingerprint density at radius 1 is 1.33 bits per heavy atom. The van der Waals surface area contributed by atoms with Crippen LogP contribution in [0.4, 0.5) is 0 Å². The first-order chi connectivity index (χ1) is 10.1. The van der Waals surface area contributed by atoms with Crippen LogP contribution in [0.15, 0.2) is 28.8 Å². The molecule has 3 nitrogen and oxygen atoms in total. The molecule has 0 aliphatic heterocycles. The highest BCUT2D eigenvalue weighted by molar-refractivity contribution is 6.31. The molecular formula is C17H23ClN2O. The van der Waals surface area contributed by atoms with E-state index in [1.807, 2.05) is 25.1 Å². The lowest BCUT2D eigenvalue weighted by Crippen LogP contribution is -2.21. The standard InChI is InChI=1S/C17H23ClN2O/c1-12(2)10-19-8-4-5-17-20-11-16(21-17)14-6-7-15(18)13(3)9-14/h6-7,9,11-12,19H,4-5,8,10H2,1-3H3. The highest BCUT2D eigenvalue weighted by Gasteiger charge is 2.07. The molecule has 2 aromatic rings. The Morgan fingerprint density at radius 2 is 2.14 bits per heavy atom. The molecule has 1 heterocycles. The second-order valence-electron chi connectivity index (χ2n) is 5.78. The zero-order valence-corrected chi connectivity index (χ0v) is 13.7. The lowest BCUT2D eigenvalue weighted by molar-refractivity contribution is 0.483. The maximum atomic E-state index is 6.04. The summed E-state index contributed by atoms with van der Waals surface area (Å²) < 4.78 is 5.81. The highest BCUT2D eigenvalue weighted by Crippen LogP contribution is 2.25. The predicted molar refractivity (Wildman–Crippen MR) is 87.7 cm³/mol. The number of benzene rings is 1. The van der Waals surface area contributed by atoms with E-state index in [1.165, 1.54) is 0 Å². The summed E-state index contributed by atoms with van der Waals surface area (Å²) in [4.78, 5) is 4.35. The molecule has 0 aliphatic rings. The zero-order valence-electron chi connectivity index (χ0n) is 12.9. The third-order valence-electron chi connectivity index (χ3n) is 3.29. The predicted octanol–water partition coefficient (Wildman–Crippen LogP) is 4.48. The molecule has 0 fully saturated rings. The van der Waals surface area contributed by atoms with Gasteiger partial charge in [-0.15, -0.1) is 0 Å². The van der Waals surface area contributed by atoms with Gasteiger partial charge < -0.3 is 9.73 Å². The molecule has 1 aromatic carbocycles. The van der Waals surface area contributed by atoms with Gasteiger partial charge in [0.05, 0.1) is 6.20 Å². The molecule has 0 radical (unpaired) electrons. The summed E-state index contributed by atoms with van der Waals surface area (Å²) in [7, 11) is 0. The van der Waals surface area contributed by atoms with Crippen LogP contribution in [0.3, 0.4) is 0 Å². The molecule has 0 saturated heterocycles. The molecule has 0 bridgehead atoms. The quantitative estimate of drug-likeness (QED) is 0.766. The van der Waals surface area contributed by atoms with E-state index < -0.39 is 0 Å². The molecule has 0 spiro atoms. The molecule has 0 amide bonds. The van der Waals surface area contributed by atoms with Crippen molar-refractivity contribution in [3.63, 3.8) is 0 Å². The van der Waals surface area contributed by atoms with Crippen molar-refractivity contribution < 1.29 is 4.42 Å².